The van der Waals surface area contributed by atoms with Gasteiger partial charge in [0.1, 0.15) is 0 Å². The maximum absolute atomic E-state index is 10.9. The van der Waals surface area contributed by atoms with Crippen molar-refractivity contribution < 1.29 is 9.90 Å². The van der Waals surface area contributed by atoms with E-state index in [2.05, 4.69) is 11.9 Å². The smallest absolute Gasteiger partial charge is 0.223 e. The van der Waals surface area contributed by atoms with Crippen molar-refractivity contribution in [3.05, 3.63) is 12.7 Å². The standard InChI is InChI=1S/C10H19NO2/c1-4-5-10(13)11-7-9(12)6-8(2)3/h4,8-9,12H,1,5-7H2,2-3H3,(H,11,13). The first-order valence-electron chi connectivity index (χ1n) is 4.62. The van der Waals surface area contributed by atoms with E-state index in [9.17, 15) is 9.90 Å². The highest BCUT2D eigenvalue weighted by molar-refractivity contribution is 5.77. The summed E-state index contributed by atoms with van der Waals surface area (Å²) in [5.74, 6) is 0.365. The van der Waals surface area contributed by atoms with Gasteiger partial charge in [-0.15, -0.1) is 6.58 Å². The fraction of sp³-hybridized carbons (Fsp3) is 0.700. The van der Waals surface area contributed by atoms with Gasteiger partial charge in [-0.1, -0.05) is 19.9 Å². The van der Waals surface area contributed by atoms with Crippen molar-refractivity contribution in [2.24, 2.45) is 5.92 Å². The van der Waals surface area contributed by atoms with Crippen LogP contribution in [0, 0.1) is 5.92 Å². The Hall–Kier alpha value is -0.830. The molecule has 1 unspecified atom stereocenters. The third-order valence-corrected chi connectivity index (χ3v) is 1.61. The van der Waals surface area contributed by atoms with Gasteiger partial charge in [0.05, 0.1) is 6.10 Å². The number of hydrogen-bond acceptors (Lipinski definition) is 2. The first-order valence-corrected chi connectivity index (χ1v) is 4.62. The van der Waals surface area contributed by atoms with E-state index in [-0.39, 0.29) is 5.91 Å². The second-order valence-electron chi connectivity index (χ2n) is 3.58. The lowest BCUT2D eigenvalue weighted by Gasteiger charge is -2.13. The number of aliphatic hydroxyl groups excluding tert-OH is 1. The van der Waals surface area contributed by atoms with Crippen LogP contribution in [0.25, 0.3) is 0 Å². The van der Waals surface area contributed by atoms with Crippen LogP contribution < -0.4 is 5.32 Å². The van der Waals surface area contributed by atoms with Crippen molar-refractivity contribution in [2.75, 3.05) is 6.54 Å². The molecule has 0 aromatic carbocycles. The van der Waals surface area contributed by atoms with Crippen LogP contribution >= 0.6 is 0 Å². The first kappa shape index (κ1) is 12.2. The zero-order valence-corrected chi connectivity index (χ0v) is 8.42. The van der Waals surface area contributed by atoms with Gasteiger partial charge in [0.25, 0.3) is 0 Å². The van der Waals surface area contributed by atoms with E-state index in [0.717, 1.165) is 0 Å². The molecule has 76 valence electrons. The van der Waals surface area contributed by atoms with Gasteiger partial charge >= 0.3 is 0 Å². The Bertz CT molecular complexity index is 166. The molecule has 0 rings (SSSR count). The highest BCUT2D eigenvalue weighted by Crippen LogP contribution is 2.03. The monoisotopic (exact) mass is 185 g/mol. The summed E-state index contributed by atoms with van der Waals surface area (Å²) < 4.78 is 0. The van der Waals surface area contributed by atoms with Crippen molar-refractivity contribution in [3.8, 4) is 0 Å². The SMILES string of the molecule is C=CCC(=O)NCC(O)CC(C)C. The van der Waals surface area contributed by atoms with Gasteiger partial charge in [-0.2, -0.15) is 0 Å². The molecule has 0 saturated carbocycles. The number of hydrogen-bond donors (Lipinski definition) is 2. The third-order valence-electron chi connectivity index (χ3n) is 1.61. The fourth-order valence-electron chi connectivity index (χ4n) is 1.06. The lowest BCUT2D eigenvalue weighted by atomic mass is 10.1. The van der Waals surface area contributed by atoms with Crippen molar-refractivity contribution >= 4 is 5.91 Å². The van der Waals surface area contributed by atoms with E-state index in [1.165, 1.54) is 0 Å². The summed E-state index contributed by atoms with van der Waals surface area (Å²) in [7, 11) is 0. The summed E-state index contributed by atoms with van der Waals surface area (Å²) in [4.78, 5) is 10.9. The average Bonchev–Trinajstić information content (AvgIpc) is 2.00. The van der Waals surface area contributed by atoms with Gasteiger partial charge in [-0.3, -0.25) is 4.79 Å². The Kier molecular flexibility index (Phi) is 6.24. The van der Waals surface area contributed by atoms with E-state index in [1.807, 2.05) is 13.8 Å². The summed E-state index contributed by atoms with van der Waals surface area (Å²) in [6.07, 6.45) is 2.14. The Labute approximate surface area is 79.8 Å². The minimum atomic E-state index is -0.436. The predicted octanol–water partition coefficient (Wildman–Crippen LogP) is 1.09. The number of rotatable bonds is 6. The summed E-state index contributed by atoms with van der Waals surface area (Å²) in [5.41, 5.74) is 0. The molecule has 1 atom stereocenters. The summed E-state index contributed by atoms with van der Waals surface area (Å²) in [6, 6.07) is 0. The molecule has 3 nitrogen and oxygen atoms in total. The van der Waals surface area contributed by atoms with Gasteiger partial charge in [0.15, 0.2) is 0 Å². The number of nitrogens with one attached hydrogen (secondary N) is 1. The van der Waals surface area contributed by atoms with Crippen LogP contribution in [-0.4, -0.2) is 23.7 Å². The minimum absolute atomic E-state index is 0.0854. The van der Waals surface area contributed by atoms with Gasteiger partial charge in [-0.25, -0.2) is 0 Å². The molecule has 0 fully saturated rings. The molecule has 0 heterocycles. The van der Waals surface area contributed by atoms with Crippen LogP contribution in [0.3, 0.4) is 0 Å². The lowest BCUT2D eigenvalue weighted by Crippen LogP contribution is -2.32. The number of amides is 1. The van der Waals surface area contributed by atoms with Crippen molar-refractivity contribution in [1.29, 1.82) is 0 Å². The summed E-state index contributed by atoms with van der Waals surface area (Å²) >= 11 is 0. The highest BCUT2D eigenvalue weighted by Gasteiger charge is 2.07. The van der Waals surface area contributed by atoms with E-state index in [0.29, 0.717) is 25.3 Å². The number of aliphatic hydroxyl groups is 1. The zero-order chi connectivity index (χ0) is 10.3. The Balaban J connectivity index is 3.51. The minimum Gasteiger partial charge on any atom is -0.391 e. The van der Waals surface area contributed by atoms with Gasteiger partial charge in [0.2, 0.25) is 5.91 Å². The van der Waals surface area contributed by atoms with Gasteiger partial charge in [0, 0.05) is 13.0 Å². The Morgan fingerprint density at radius 2 is 2.23 bits per heavy atom. The largest absolute Gasteiger partial charge is 0.391 e. The van der Waals surface area contributed by atoms with Gasteiger partial charge in [-0.05, 0) is 12.3 Å². The fourth-order valence-corrected chi connectivity index (χ4v) is 1.06. The quantitative estimate of drug-likeness (QED) is 0.608. The number of carbonyl (C=O) groups is 1. The van der Waals surface area contributed by atoms with Crippen molar-refractivity contribution in [2.45, 2.75) is 32.8 Å². The van der Waals surface area contributed by atoms with Crippen molar-refractivity contribution in [1.82, 2.24) is 5.32 Å². The van der Waals surface area contributed by atoms with Crippen LogP contribution in [-0.2, 0) is 4.79 Å². The normalized spacial score (nSPS) is 12.6. The Morgan fingerprint density at radius 3 is 2.69 bits per heavy atom. The van der Waals surface area contributed by atoms with E-state index >= 15 is 0 Å². The third kappa shape index (κ3) is 7.53. The van der Waals surface area contributed by atoms with E-state index in [1.54, 1.807) is 6.08 Å². The molecule has 2 N–H and O–H groups in total. The molecular formula is C10H19NO2. The topological polar surface area (TPSA) is 49.3 Å². The van der Waals surface area contributed by atoms with Crippen LogP contribution in [0.1, 0.15) is 26.7 Å². The summed E-state index contributed by atoms with van der Waals surface area (Å²) in [6.45, 7) is 7.86. The molecule has 1 amide bonds. The van der Waals surface area contributed by atoms with Crippen molar-refractivity contribution in [3.63, 3.8) is 0 Å². The summed E-state index contributed by atoms with van der Waals surface area (Å²) in [5, 5.41) is 12.0. The average molecular weight is 185 g/mol. The van der Waals surface area contributed by atoms with Crippen LogP contribution in [0.4, 0.5) is 0 Å². The molecule has 0 aromatic heterocycles. The molecule has 0 bridgehead atoms. The number of carbonyl (C=O) groups excluding carboxylic acids is 1. The van der Waals surface area contributed by atoms with Crippen LogP contribution in [0.2, 0.25) is 0 Å². The zero-order valence-electron chi connectivity index (χ0n) is 8.42. The van der Waals surface area contributed by atoms with Crippen LogP contribution in [0.15, 0.2) is 12.7 Å². The molecular weight excluding hydrogens is 166 g/mol. The molecule has 0 aromatic rings. The lowest BCUT2D eigenvalue weighted by molar-refractivity contribution is -0.120. The first-order chi connectivity index (χ1) is 6.06. The molecule has 3 heteroatoms. The van der Waals surface area contributed by atoms with Crippen LogP contribution in [0.5, 0.6) is 0 Å². The molecule has 0 saturated heterocycles. The molecule has 0 radical (unpaired) electrons. The van der Waals surface area contributed by atoms with E-state index in [4.69, 9.17) is 0 Å². The predicted molar refractivity (Wildman–Crippen MR) is 53.3 cm³/mol. The Morgan fingerprint density at radius 1 is 1.62 bits per heavy atom. The molecule has 0 aliphatic carbocycles. The highest BCUT2D eigenvalue weighted by atomic mass is 16.3. The maximum atomic E-state index is 10.9. The molecule has 0 aliphatic rings. The molecule has 13 heavy (non-hydrogen) atoms. The molecule has 0 spiro atoms. The maximum Gasteiger partial charge on any atom is 0.223 e. The second kappa shape index (κ2) is 6.66. The second-order valence-corrected chi connectivity index (χ2v) is 3.58. The molecule has 0 aliphatic heterocycles. The van der Waals surface area contributed by atoms with Gasteiger partial charge < -0.3 is 10.4 Å². The van der Waals surface area contributed by atoms with E-state index < -0.39 is 6.10 Å².